The van der Waals surface area contributed by atoms with E-state index in [0.717, 1.165) is 26.2 Å². The number of esters is 1. The Kier molecular flexibility index (Phi) is 4.10. The Morgan fingerprint density at radius 3 is 2.67 bits per heavy atom. The van der Waals surface area contributed by atoms with Crippen LogP contribution in [0.15, 0.2) is 12.4 Å². The van der Waals surface area contributed by atoms with Crippen LogP contribution in [0.2, 0.25) is 0 Å². The fourth-order valence-corrected chi connectivity index (χ4v) is 1.59. The number of anilines is 1. The van der Waals surface area contributed by atoms with Crippen molar-refractivity contribution in [3.63, 3.8) is 0 Å². The zero-order valence-corrected chi connectivity index (χ0v) is 10.1. The maximum Gasteiger partial charge on any atom is 0.384 e. The molecule has 0 amide bonds. The summed E-state index contributed by atoms with van der Waals surface area (Å²) in [6, 6.07) is 0. The van der Waals surface area contributed by atoms with Crippen molar-refractivity contribution in [3.05, 3.63) is 18.0 Å². The van der Waals surface area contributed by atoms with Crippen LogP contribution in [0.4, 0.5) is 5.95 Å². The van der Waals surface area contributed by atoms with Gasteiger partial charge in [0.05, 0.1) is 12.7 Å². The van der Waals surface area contributed by atoms with Gasteiger partial charge in [-0.1, -0.05) is 5.92 Å². The van der Waals surface area contributed by atoms with Crippen molar-refractivity contribution in [1.82, 2.24) is 15.3 Å². The number of carbonyl (C=O) groups excluding carboxylic acids is 1. The quantitative estimate of drug-likeness (QED) is 0.528. The van der Waals surface area contributed by atoms with Crippen molar-refractivity contribution in [2.45, 2.75) is 0 Å². The van der Waals surface area contributed by atoms with Gasteiger partial charge in [0.2, 0.25) is 5.95 Å². The molecule has 1 aromatic rings. The Balaban J connectivity index is 2.04. The van der Waals surface area contributed by atoms with Gasteiger partial charge in [0.25, 0.3) is 0 Å². The molecule has 1 aliphatic rings. The van der Waals surface area contributed by atoms with Gasteiger partial charge < -0.3 is 15.0 Å². The van der Waals surface area contributed by atoms with Crippen LogP contribution in [0.1, 0.15) is 5.56 Å². The van der Waals surface area contributed by atoms with Gasteiger partial charge in [0.1, 0.15) is 0 Å². The van der Waals surface area contributed by atoms with Crippen LogP contribution in [-0.4, -0.2) is 49.2 Å². The molecule has 0 bridgehead atoms. The predicted molar refractivity (Wildman–Crippen MR) is 66.0 cm³/mol. The molecule has 0 unspecified atom stereocenters. The number of nitrogens with zero attached hydrogens (tertiary/aromatic N) is 3. The first-order valence-corrected chi connectivity index (χ1v) is 5.67. The highest BCUT2D eigenvalue weighted by molar-refractivity contribution is 5.88. The van der Waals surface area contributed by atoms with E-state index in [1.807, 2.05) is 0 Å². The molecule has 0 atom stereocenters. The van der Waals surface area contributed by atoms with E-state index in [1.54, 1.807) is 12.4 Å². The van der Waals surface area contributed by atoms with E-state index in [9.17, 15) is 4.79 Å². The molecule has 0 aromatic carbocycles. The molecule has 0 radical (unpaired) electrons. The Bertz CT molecular complexity index is 469. The molecule has 0 aliphatic carbocycles. The van der Waals surface area contributed by atoms with E-state index in [-0.39, 0.29) is 0 Å². The van der Waals surface area contributed by atoms with E-state index in [2.05, 4.69) is 36.8 Å². The first-order valence-electron chi connectivity index (χ1n) is 5.67. The van der Waals surface area contributed by atoms with Crippen molar-refractivity contribution in [2.75, 3.05) is 38.2 Å². The summed E-state index contributed by atoms with van der Waals surface area (Å²) in [6.45, 7) is 3.67. The average Bonchev–Trinajstić information content (AvgIpc) is 2.46. The molecule has 2 rings (SSSR count). The Hall–Kier alpha value is -2.13. The standard InChI is InChI=1S/C12H14N4O2/c1-18-11(17)3-2-10-8-14-12(15-9-10)16-6-4-13-5-7-16/h8-9,13H,4-7H2,1H3. The lowest BCUT2D eigenvalue weighted by Gasteiger charge is -2.27. The number of hydrogen-bond donors (Lipinski definition) is 1. The van der Waals surface area contributed by atoms with Crippen LogP contribution in [0.5, 0.6) is 0 Å². The fourth-order valence-electron chi connectivity index (χ4n) is 1.59. The summed E-state index contributed by atoms with van der Waals surface area (Å²) in [5.41, 5.74) is 0.597. The molecule has 18 heavy (non-hydrogen) atoms. The monoisotopic (exact) mass is 246 g/mol. The zero-order valence-electron chi connectivity index (χ0n) is 10.1. The highest BCUT2D eigenvalue weighted by Gasteiger charge is 2.12. The zero-order chi connectivity index (χ0) is 12.8. The van der Waals surface area contributed by atoms with Crippen molar-refractivity contribution < 1.29 is 9.53 Å². The lowest BCUT2D eigenvalue weighted by Crippen LogP contribution is -2.44. The third-order valence-corrected chi connectivity index (χ3v) is 2.53. The minimum Gasteiger partial charge on any atom is -0.459 e. The van der Waals surface area contributed by atoms with Crippen molar-refractivity contribution in [1.29, 1.82) is 0 Å². The first-order chi connectivity index (χ1) is 8.79. The maximum absolute atomic E-state index is 10.8. The molecule has 1 N–H and O–H groups in total. The Morgan fingerprint density at radius 2 is 2.06 bits per heavy atom. The molecule has 6 nitrogen and oxygen atoms in total. The molecular weight excluding hydrogens is 232 g/mol. The van der Waals surface area contributed by atoms with E-state index in [1.165, 1.54) is 7.11 Å². The lowest BCUT2D eigenvalue weighted by molar-refractivity contribution is -0.133. The second-order valence-electron chi connectivity index (χ2n) is 3.75. The normalized spacial score (nSPS) is 14.6. The third kappa shape index (κ3) is 3.18. The largest absolute Gasteiger partial charge is 0.459 e. The van der Waals surface area contributed by atoms with Crippen molar-refractivity contribution in [2.24, 2.45) is 0 Å². The number of hydrogen-bond acceptors (Lipinski definition) is 6. The molecule has 94 valence electrons. The number of methoxy groups -OCH3 is 1. The smallest absolute Gasteiger partial charge is 0.384 e. The van der Waals surface area contributed by atoms with Crippen LogP contribution in [0.3, 0.4) is 0 Å². The Labute approximate surface area is 105 Å². The third-order valence-electron chi connectivity index (χ3n) is 2.53. The van der Waals surface area contributed by atoms with Gasteiger partial charge >= 0.3 is 5.97 Å². The van der Waals surface area contributed by atoms with E-state index in [4.69, 9.17) is 0 Å². The van der Waals surface area contributed by atoms with Crippen LogP contribution in [0, 0.1) is 11.8 Å². The minimum atomic E-state index is -0.568. The predicted octanol–water partition coefficient (Wildman–Crippen LogP) is -0.589. The number of nitrogens with one attached hydrogen (secondary N) is 1. The summed E-state index contributed by atoms with van der Waals surface area (Å²) >= 11 is 0. The Morgan fingerprint density at radius 1 is 1.39 bits per heavy atom. The molecule has 2 heterocycles. The summed E-state index contributed by atoms with van der Waals surface area (Å²) in [6.07, 6.45) is 3.22. The maximum atomic E-state index is 10.8. The number of piperazine rings is 1. The first kappa shape index (κ1) is 12.3. The van der Waals surface area contributed by atoms with E-state index < -0.39 is 5.97 Å². The van der Waals surface area contributed by atoms with Gasteiger partial charge in [-0.05, 0) is 0 Å². The number of carbonyl (C=O) groups is 1. The molecule has 0 saturated carbocycles. The number of aromatic nitrogens is 2. The molecule has 1 aliphatic heterocycles. The number of ether oxygens (including phenoxy) is 1. The summed E-state index contributed by atoms with van der Waals surface area (Å²) < 4.78 is 4.42. The minimum absolute atomic E-state index is 0.568. The van der Waals surface area contributed by atoms with Crippen LogP contribution in [0.25, 0.3) is 0 Å². The summed E-state index contributed by atoms with van der Waals surface area (Å²) in [5, 5.41) is 3.26. The van der Waals surface area contributed by atoms with Crippen molar-refractivity contribution >= 4 is 11.9 Å². The van der Waals surface area contributed by atoms with Crippen LogP contribution in [-0.2, 0) is 9.53 Å². The summed E-state index contributed by atoms with van der Waals surface area (Å²) in [7, 11) is 1.29. The van der Waals surface area contributed by atoms with Gasteiger partial charge in [-0.2, -0.15) is 0 Å². The van der Waals surface area contributed by atoms with E-state index in [0.29, 0.717) is 11.5 Å². The van der Waals surface area contributed by atoms with Gasteiger partial charge in [-0.15, -0.1) is 0 Å². The molecule has 6 heteroatoms. The highest BCUT2D eigenvalue weighted by atomic mass is 16.5. The molecule has 0 spiro atoms. The van der Waals surface area contributed by atoms with Gasteiger partial charge in [-0.3, -0.25) is 0 Å². The SMILES string of the molecule is COC(=O)C#Cc1cnc(N2CCNCC2)nc1. The van der Waals surface area contributed by atoms with Crippen LogP contribution < -0.4 is 10.2 Å². The second-order valence-corrected chi connectivity index (χ2v) is 3.75. The van der Waals surface area contributed by atoms with Gasteiger partial charge in [0, 0.05) is 44.5 Å². The fraction of sp³-hybridized carbons (Fsp3) is 0.417. The summed E-state index contributed by atoms with van der Waals surface area (Å²) in [5.74, 6) is 5.10. The molecule has 1 saturated heterocycles. The van der Waals surface area contributed by atoms with Crippen LogP contribution >= 0.6 is 0 Å². The van der Waals surface area contributed by atoms with Gasteiger partial charge in [0.15, 0.2) is 0 Å². The average molecular weight is 246 g/mol. The molecular formula is C12H14N4O2. The van der Waals surface area contributed by atoms with Crippen molar-refractivity contribution in [3.8, 4) is 11.8 Å². The summed E-state index contributed by atoms with van der Waals surface area (Å²) in [4.78, 5) is 21.4. The number of rotatable bonds is 1. The topological polar surface area (TPSA) is 67.3 Å². The van der Waals surface area contributed by atoms with E-state index >= 15 is 0 Å². The lowest BCUT2D eigenvalue weighted by atomic mass is 10.3. The second kappa shape index (κ2) is 5.98. The van der Waals surface area contributed by atoms with Gasteiger partial charge in [-0.25, -0.2) is 14.8 Å². The molecule has 1 aromatic heterocycles. The highest BCUT2D eigenvalue weighted by Crippen LogP contribution is 2.07. The molecule has 1 fully saturated rings.